The van der Waals surface area contributed by atoms with Crippen molar-refractivity contribution in [1.29, 1.82) is 0 Å². The quantitative estimate of drug-likeness (QED) is 0.883. The maximum absolute atomic E-state index is 11.2. The molecule has 0 heterocycles. The third-order valence-corrected chi connectivity index (χ3v) is 4.03. The molecule has 19 heavy (non-hydrogen) atoms. The SMILES string of the molecule is [2H]C([2H])([2H])N(C[C@H](c1ccc(O)cc1)C1(O)CCCCC1)C([2H])([2H])[2H]. The molecule has 0 saturated heterocycles. The van der Waals surface area contributed by atoms with Crippen LogP contribution in [0.1, 0.15) is 51.8 Å². The summed E-state index contributed by atoms with van der Waals surface area (Å²) in [6.45, 7) is -5.91. The number of benzene rings is 1. The first kappa shape index (κ1) is 8.28. The molecule has 0 aromatic heterocycles. The molecule has 1 saturated carbocycles. The second-order valence-corrected chi connectivity index (χ2v) is 5.42. The summed E-state index contributed by atoms with van der Waals surface area (Å²) < 4.78 is 45.5. The summed E-state index contributed by atoms with van der Waals surface area (Å²) in [5.74, 6) is -0.615. The predicted molar refractivity (Wildman–Crippen MR) is 77.4 cm³/mol. The highest BCUT2D eigenvalue weighted by molar-refractivity contribution is 5.30. The van der Waals surface area contributed by atoms with Gasteiger partial charge < -0.3 is 15.1 Å². The summed E-state index contributed by atoms with van der Waals surface area (Å²) in [5, 5.41) is 20.7. The minimum atomic E-state index is -2.80. The summed E-state index contributed by atoms with van der Waals surface area (Å²) in [7, 11) is 0. The highest BCUT2D eigenvalue weighted by Gasteiger charge is 2.38. The number of phenols is 1. The Labute approximate surface area is 124 Å². The lowest BCUT2D eigenvalue weighted by atomic mass is 9.72. The molecule has 1 fully saturated rings. The van der Waals surface area contributed by atoms with Crippen molar-refractivity contribution in [2.75, 3.05) is 20.5 Å². The van der Waals surface area contributed by atoms with Crippen molar-refractivity contribution in [3.8, 4) is 5.75 Å². The van der Waals surface area contributed by atoms with Crippen LogP contribution in [-0.2, 0) is 0 Å². The molecule has 1 aliphatic rings. The van der Waals surface area contributed by atoms with Crippen molar-refractivity contribution in [2.45, 2.75) is 43.6 Å². The Morgan fingerprint density at radius 3 is 2.42 bits per heavy atom. The van der Waals surface area contributed by atoms with Gasteiger partial charge in [-0.3, -0.25) is 0 Å². The molecule has 0 aliphatic heterocycles. The number of aliphatic hydroxyl groups is 1. The van der Waals surface area contributed by atoms with E-state index in [-0.39, 0.29) is 12.3 Å². The summed E-state index contributed by atoms with van der Waals surface area (Å²) in [6, 6.07) is 6.15. The van der Waals surface area contributed by atoms with Crippen LogP contribution in [0, 0.1) is 0 Å². The van der Waals surface area contributed by atoms with Gasteiger partial charge in [-0.1, -0.05) is 31.4 Å². The van der Waals surface area contributed by atoms with E-state index in [2.05, 4.69) is 0 Å². The highest BCUT2D eigenvalue weighted by Crippen LogP contribution is 2.40. The van der Waals surface area contributed by atoms with E-state index in [0.717, 1.165) is 19.3 Å². The fourth-order valence-corrected chi connectivity index (χ4v) is 2.99. The van der Waals surface area contributed by atoms with Crippen molar-refractivity contribution >= 4 is 0 Å². The molecule has 0 unspecified atom stereocenters. The summed E-state index contributed by atoms with van der Waals surface area (Å²) in [4.78, 5) is 0.504. The predicted octanol–water partition coefficient (Wildman–Crippen LogP) is 2.73. The molecular weight excluding hydrogens is 238 g/mol. The molecule has 0 bridgehead atoms. The van der Waals surface area contributed by atoms with Gasteiger partial charge in [0, 0.05) is 20.7 Å². The number of rotatable bonds is 4. The zero-order valence-electron chi connectivity index (χ0n) is 17.0. The number of likely N-dealkylation sites (N-methyl/N-ethyl adjacent to an activating group) is 1. The molecule has 2 rings (SSSR count). The van der Waals surface area contributed by atoms with Crippen molar-refractivity contribution in [3.05, 3.63) is 29.8 Å². The minimum Gasteiger partial charge on any atom is -0.508 e. The van der Waals surface area contributed by atoms with Gasteiger partial charge >= 0.3 is 0 Å². The van der Waals surface area contributed by atoms with E-state index in [1.807, 2.05) is 0 Å². The average Bonchev–Trinajstić information content (AvgIpc) is 2.47. The molecule has 1 aromatic rings. The third kappa shape index (κ3) is 3.48. The highest BCUT2D eigenvalue weighted by atomic mass is 16.3. The first-order valence-electron chi connectivity index (χ1n) is 9.72. The number of hydrogen-bond acceptors (Lipinski definition) is 3. The second-order valence-electron chi connectivity index (χ2n) is 5.42. The number of nitrogens with zero attached hydrogens (tertiary/aromatic N) is 1. The van der Waals surface area contributed by atoms with E-state index in [4.69, 9.17) is 8.22 Å². The minimum absolute atomic E-state index is 0.0571. The molecular formula is C16H25NO2. The summed E-state index contributed by atoms with van der Waals surface area (Å²) in [5.41, 5.74) is -0.537. The van der Waals surface area contributed by atoms with Gasteiger partial charge in [0.25, 0.3) is 0 Å². The molecule has 106 valence electrons. The first-order chi connectivity index (χ1) is 11.4. The van der Waals surface area contributed by atoms with Gasteiger partial charge in [0.15, 0.2) is 0 Å². The van der Waals surface area contributed by atoms with E-state index in [1.54, 1.807) is 12.1 Å². The molecule has 1 aromatic carbocycles. The van der Waals surface area contributed by atoms with Crippen LogP contribution in [0.15, 0.2) is 24.3 Å². The van der Waals surface area contributed by atoms with Crippen LogP contribution in [0.3, 0.4) is 0 Å². The van der Waals surface area contributed by atoms with E-state index in [9.17, 15) is 10.2 Å². The van der Waals surface area contributed by atoms with E-state index in [0.29, 0.717) is 23.3 Å². The third-order valence-electron chi connectivity index (χ3n) is 4.03. The van der Waals surface area contributed by atoms with Crippen LogP contribution in [0.2, 0.25) is 0 Å². The Hall–Kier alpha value is -1.06. The standard InChI is InChI=1S/C16H25NO2/c1-17(2)12-15(13-6-8-14(18)9-7-13)16(19)10-4-3-5-11-16/h6-9,15,18-19H,3-5,10-12H2,1-2H3/t15-/m1/s1/i1D3,2D3. The van der Waals surface area contributed by atoms with Crippen LogP contribution in [0.25, 0.3) is 0 Å². The first-order valence-corrected chi connectivity index (χ1v) is 6.72. The van der Waals surface area contributed by atoms with Crippen molar-refractivity contribution in [1.82, 2.24) is 4.90 Å². The van der Waals surface area contributed by atoms with Crippen LogP contribution in [-0.4, -0.2) is 41.2 Å². The lowest BCUT2D eigenvalue weighted by molar-refractivity contribution is -0.0277. The van der Waals surface area contributed by atoms with Crippen molar-refractivity contribution in [3.63, 3.8) is 0 Å². The van der Waals surface area contributed by atoms with Crippen LogP contribution < -0.4 is 0 Å². The molecule has 0 radical (unpaired) electrons. The lowest BCUT2D eigenvalue weighted by Gasteiger charge is -2.40. The maximum Gasteiger partial charge on any atom is 0.115 e. The largest absolute Gasteiger partial charge is 0.508 e. The van der Waals surface area contributed by atoms with Gasteiger partial charge in [0.2, 0.25) is 0 Å². The molecule has 0 spiro atoms. The molecule has 1 aliphatic carbocycles. The molecule has 0 amide bonds. The van der Waals surface area contributed by atoms with Gasteiger partial charge in [-0.2, -0.15) is 0 Å². The Balaban J connectivity index is 2.41. The van der Waals surface area contributed by atoms with Gasteiger partial charge in [0.1, 0.15) is 5.75 Å². The van der Waals surface area contributed by atoms with Crippen molar-refractivity contribution < 1.29 is 18.4 Å². The Bertz CT molecular complexity index is 549. The Morgan fingerprint density at radius 2 is 1.84 bits per heavy atom. The Kier molecular flexibility index (Phi) is 2.58. The fourth-order valence-electron chi connectivity index (χ4n) is 2.99. The molecule has 3 nitrogen and oxygen atoms in total. The summed E-state index contributed by atoms with van der Waals surface area (Å²) in [6.07, 6.45) is 3.61. The Morgan fingerprint density at radius 1 is 1.21 bits per heavy atom. The fraction of sp³-hybridized carbons (Fsp3) is 0.625. The van der Waals surface area contributed by atoms with Crippen LogP contribution in [0.4, 0.5) is 0 Å². The number of aromatic hydroxyl groups is 1. The zero-order chi connectivity index (χ0) is 18.9. The van der Waals surface area contributed by atoms with E-state index < -0.39 is 25.5 Å². The van der Waals surface area contributed by atoms with E-state index in [1.165, 1.54) is 12.1 Å². The van der Waals surface area contributed by atoms with Gasteiger partial charge in [0.05, 0.1) is 5.60 Å². The molecule has 1 atom stereocenters. The molecule has 2 N–H and O–H groups in total. The zero-order valence-corrected chi connectivity index (χ0v) is 11.0. The topological polar surface area (TPSA) is 43.7 Å². The lowest BCUT2D eigenvalue weighted by Crippen LogP contribution is -2.42. The van der Waals surface area contributed by atoms with Crippen molar-refractivity contribution in [2.24, 2.45) is 0 Å². The second kappa shape index (κ2) is 5.93. The van der Waals surface area contributed by atoms with Gasteiger partial charge in [-0.05, 0) is 44.5 Å². The smallest absolute Gasteiger partial charge is 0.115 e. The molecule has 3 heteroatoms. The van der Waals surface area contributed by atoms with Gasteiger partial charge in [-0.15, -0.1) is 0 Å². The summed E-state index contributed by atoms with van der Waals surface area (Å²) >= 11 is 0. The average molecular weight is 269 g/mol. The number of hydrogen-bond donors (Lipinski definition) is 2. The monoisotopic (exact) mass is 269 g/mol. The number of phenolic OH excluding ortho intramolecular Hbond substituents is 1. The van der Waals surface area contributed by atoms with Crippen LogP contribution >= 0.6 is 0 Å². The van der Waals surface area contributed by atoms with Gasteiger partial charge in [-0.25, -0.2) is 0 Å². The van der Waals surface area contributed by atoms with Crippen LogP contribution in [0.5, 0.6) is 5.75 Å². The normalized spacial score (nSPS) is 26.4. The van der Waals surface area contributed by atoms with E-state index >= 15 is 0 Å². The maximum atomic E-state index is 11.2.